The van der Waals surface area contributed by atoms with Gasteiger partial charge in [-0.2, -0.15) is 0 Å². The van der Waals surface area contributed by atoms with E-state index in [0.29, 0.717) is 17.3 Å². The molecule has 1 aliphatic heterocycles. The van der Waals surface area contributed by atoms with Gasteiger partial charge in [0.25, 0.3) is 0 Å². The van der Waals surface area contributed by atoms with E-state index >= 15 is 0 Å². The molecule has 118 valence electrons. The highest BCUT2D eigenvalue weighted by atomic mass is 35.5. The lowest BCUT2D eigenvalue weighted by molar-refractivity contribution is -0.117. The van der Waals surface area contributed by atoms with Gasteiger partial charge in [-0.25, -0.2) is 12.8 Å². The van der Waals surface area contributed by atoms with E-state index < -0.39 is 15.8 Å². The molecule has 0 aromatic heterocycles. The summed E-state index contributed by atoms with van der Waals surface area (Å²) in [6, 6.07) is 3.43. The molecule has 0 spiro atoms. The minimum atomic E-state index is -3.58. The first-order chi connectivity index (χ1) is 9.35. The van der Waals surface area contributed by atoms with Crippen molar-refractivity contribution in [3.8, 4) is 0 Å². The zero-order chi connectivity index (χ0) is 14.8. The van der Waals surface area contributed by atoms with Crippen molar-refractivity contribution >= 4 is 51.5 Å². The van der Waals surface area contributed by atoms with E-state index in [2.05, 4.69) is 15.4 Å². The maximum absolute atomic E-state index is 13.5. The highest BCUT2D eigenvalue weighted by Crippen LogP contribution is 2.21. The van der Waals surface area contributed by atoms with Crippen LogP contribution < -0.4 is 15.4 Å². The third-order valence-corrected chi connectivity index (χ3v) is 4.09. The number of amides is 1. The topological polar surface area (TPSA) is 87.3 Å². The number of hydrogen-bond donors (Lipinski definition) is 3. The first-order valence-corrected chi connectivity index (χ1v) is 8.79. The van der Waals surface area contributed by atoms with Crippen LogP contribution in [-0.4, -0.2) is 38.3 Å². The average Bonchev–Trinajstić information content (AvgIpc) is 2.85. The Morgan fingerprint density at radius 2 is 2.19 bits per heavy atom. The Hall–Kier alpha value is -1.03. The van der Waals surface area contributed by atoms with E-state index in [4.69, 9.17) is 0 Å². The second-order valence-electron chi connectivity index (χ2n) is 4.33. The summed E-state index contributed by atoms with van der Waals surface area (Å²) in [7, 11) is -3.58. The molecule has 3 N–H and O–H groups in total. The summed E-state index contributed by atoms with van der Waals surface area (Å²) in [6.07, 6.45) is 0.928. The lowest BCUT2D eigenvalue weighted by atomic mass is 10.2. The summed E-state index contributed by atoms with van der Waals surface area (Å²) < 4.78 is 37.8. The molecule has 2 rings (SSSR count). The summed E-state index contributed by atoms with van der Waals surface area (Å²) in [6.45, 7) is 0. The summed E-state index contributed by atoms with van der Waals surface area (Å²) >= 11 is 1.61. The molecular formula is C11H15ClFN3O3S2. The number of sulfonamides is 1. The normalized spacial score (nSPS) is 17.9. The van der Waals surface area contributed by atoms with Crippen LogP contribution in [0.4, 0.5) is 15.8 Å². The quantitative estimate of drug-likeness (QED) is 0.756. The molecule has 1 atom stereocenters. The molecule has 1 saturated heterocycles. The van der Waals surface area contributed by atoms with Crippen molar-refractivity contribution in [3.63, 3.8) is 0 Å². The standard InChI is InChI=1S/C11H14FN3O3S2.ClH/c1-20(17,18)15-9-4-7(2-3-8(9)12)14-11(16)10-5-19-6-13-10;/h2-4,10,13,15H,5-6H2,1H3,(H,14,16);1H. The van der Waals surface area contributed by atoms with Gasteiger partial charge in [0.2, 0.25) is 15.9 Å². The van der Waals surface area contributed by atoms with Gasteiger partial charge in [0.05, 0.1) is 18.0 Å². The van der Waals surface area contributed by atoms with Crippen molar-refractivity contribution in [3.05, 3.63) is 24.0 Å². The molecule has 1 aliphatic rings. The van der Waals surface area contributed by atoms with Crippen LogP contribution in [0.3, 0.4) is 0 Å². The van der Waals surface area contributed by atoms with Gasteiger partial charge in [0, 0.05) is 17.3 Å². The van der Waals surface area contributed by atoms with Crippen molar-refractivity contribution in [2.24, 2.45) is 0 Å². The lowest BCUT2D eigenvalue weighted by Crippen LogP contribution is -2.37. The van der Waals surface area contributed by atoms with Crippen LogP contribution in [0.5, 0.6) is 0 Å². The van der Waals surface area contributed by atoms with E-state index in [0.717, 1.165) is 12.3 Å². The Labute approximate surface area is 132 Å². The molecule has 1 aromatic carbocycles. The fourth-order valence-corrected chi connectivity index (χ4v) is 3.17. The maximum Gasteiger partial charge on any atom is 0.242 e. The summed E-state index contributed by atoms with van der Waals surface area (Å²) in [5.74, 6) is 0.444. The third kappa shape index (κ3) is 5.34. The van der Waals surface area contributed by atoms with Crippen LogP contribution in [0, 0.1) is 5.82 Å². The molecule has 0 aliphatic carbocycles. The molecule has 10 heteroatoms. The average molecular weight is 356 g/mol. The first-order valence-electron chi connectivity index (χ1n) is 5.74. The van der Waals surface area contributed by atoms with E-state index in [1.165, 1.54) is 12.1 Å². The smallest absolute Gasteiger partial charge is 0.242 e. The number of hydrogen-bond acceptors (Lipinski definition) is 5. The number of benzene rings is 1. The minimum Gasteiger partial charge on any atom is -0.325 e. The number of nitrogens with one attached hydrogen (secondary N) is 3. The second kappa shape index (κ2) is 7.30. The van der Waals surface area contributed by atoms with Gasteiger partial charge in [-0.05, 0) is 18.2 Å². The number of halogens is 2. The van der Waals surface area contributed by atoms with Crippen LogP contribution in [0.25, 0.3) is 0 Å². The molecule has 1 amide bonds. The zero-order valence-electron chi connectivity index (χ0n) is 11.1. The monoisotopic (exact) mass is 355 g/mol. The van der Waals surface area contributed by atoms with Gasteiger partial charge in [-0.3, -0.25) is 14.8 Å². The second-order valence-corrected chi connectivity index (χ2v) is 7.11. The first kappa shape index (κ1) is 18.0. The Balaban J connectivity index is 0.00000220. The summed E-state index contributed by atoms with van der Waals surface area (Å²) in [5.41, 5.74) is 0.139. The largest absolute Gasteiger partial charge is 0.325 e. The fourth-order valence-electron chi connectivity index (χ4n) is 1.67. The van der Waals surface area contributed by atoms with Crippen LogP contribution in [0.2, 0.25) is 0 Å². The predicted molar refractivity (Wildman–Crippen MR) is 85.0 cm³/mol. The van der Waals surface area contributed by atoms with Gasteiger partial charge in [0.15, 0.2) is 0 Å². The van der Waals surface area contributed by atoms with E-state index in [9.17, 15) is 17.6 Å². The predicted octanol–water partition coefficient (Wildman–Crippen LogP) is 1.22. The minimum absolute atomic E-state index is 0. The molecule has 1 unspecified atom stereocenters. The van der Waals surface area contributed by atoms with Gasteiger partial charge in [-0.15, -0.1) is 24.2 Å². The van der Waals surface area contributed by atoms with Gasteiger partial charge >= 0.3 is 0 Å². The van der Waals surface area contributed by atoms with Crippen LogP contribution in [0.15, 0.2) is 18.2 Å². The van der Waals surface area contributed by atoms with E-state index in [-0.39, 0.29) is 30.0 Å². The third-order valence-electron chi connectivity index (χ3n) is 2.56. The Morgan fingerprint density at radius 1 is 1.48 bits per heavy atom. The lowest BCUT2D eigenvalue weighted by Gasteiger charge is -2.12. The highest BCUT2D eigenvalue weighted by molar-refractivity contribution is 7.99. The van der Waals surface area contributed by atoms with Crippen molar-refractivity contribution < 1.29 is 17.6 Å². The fraction of sp³-hybridized carbons (Fsp3) is 0.364. The number of thioether (sulfide) groups is 1. The molecule has 1 fully saturated rings. The van der Waals surface area contributed by atoms with Crippen LogP contribution in [0.1, 0.15) is 0 Å². The zero-order valence-corrected chi connectivity index (χ0v) is 13.5. The number of carbonyl (C=O) groups excluding carboxylic acids is 1. The highest BCUT2D eigenvalue weighted by Gasteiger charge is 2.22. The Kier molecular flexibility index (Phi) is 6.26. The van der Waals surface area contributed by atoms with Crippen molar-refractivity contribution in [2.45, 2.75) is 6.04 Å². The molecule has 0 radical (unpaired) electrons. The van der Waals surface area contributed by atoms with Gasteiger partial charge < -0.3 is 5.32 Å². The van der Waals surface area contributed by atoms with Crippen LogP contribution >= 0.6 is 24.2 Å². The summed E-state index contributed by atoms with van der Waals surface area (Å²) in [5, 5.41) is 5.63. The number of rotatable bonds is 4. The van der Waals surface area contributed by atoms with Crippen molar-refractivity contribution in [1.82, 2.24) is 5.32 Å². The molecule has 21 heavy (non-hydrogen) atoms. The molecule has 1 heterocycles. The molecule has 0 saturated carbocycles. The van der Waals surface area contributed by atoms with Gasteiger partial charge in [0.1, 0.15) is 5.82 Å². The van der Waals surface area contributed by atoms with Crippen molar-refractivity contribution in [2.75, 3.05) is 27.9 Å². The van der Waals surface area contributed by atoms with Crippen LogP contribution in [-0.2, 0) is 14.8 Å². The molecular weight excluding hydrogens is 341 g/mol. The van der Waals surface area contributed by atoms with E-state index in [1.54, 1.807) is 11.8 Å². The Morgan fingerprint density at radius 3 is 2.76 bits per heavy atom. The Bertz CT molecular complexity index is 621. The summed E-state index contributed by atoms with van der Waals surface area (Å²) in [4.78, 5) is 11.9. The van der Waals surface area contributed by atoms with Crippen molar-refractivity contribution in [1.29, 1.82) is 0 Å². The maximum atomic E-state index is 13.5. The molecule has 0 bridgehead atoms. The number of carbonyl (C=O) groups is 1. The number of anilines is 2. The van der Waals surface area contributed by atoms with Gasteiger partial charge in [-0.1, -0.05) is 0 Å². The SMILES string of the molecule is CS(=O)(=O)Nc1cc(NC(=O)C2CSCN2)ccc1F.Cl. The molecule has 6 nitrogen and oxygen atoms in total. The molecule has 1 aromatic rings. The van der Waals surface area contributed by atoms with E-state index in [1.807, 2.05) is 0 Å².